The van der Waals surface area contributed by atoms with Crippen LogP contribution < -0.4 is 5.32 Å². The standard InChI is InChI=1S/C19H23N/c1-14-8-9-15(2)17(10-14)11-19(12-20-13-19)18-7-5-4-6-16(18)3/h4-10,20H,11-13H2,1-3H3. The highest BCUT2D eigenvalue weighted by Crippen LogP contribution is 2.35. The normalized spacial score (nSPS) is 16.8. The van der Waals surface area contributed by atoms with Gasteiger partial charge in [-0.3, -0.25) is 0 Å². The zero-order chi connectivity index (χ0) is 14.2. The first kappa shape index (κ1) is 13.4. The highest BCUT2D eigenvalue weighted by molar-refractivity contribution is 5.41. The summed E-state index contributed by atoms with van der Waals surface area (Å²) < 4.78 is 0. The number of hydrogen-bond acceptors (Lipinski definition) is 1. The van der Waals surface area contributed by atoms with E-state index in [1.807, 2.05) is 0 Å². The molecule has 1 N–H and O–H groups in total. The van der Waals surface area contributed by atoms with Crippen LogP contribution in [0.15, 0.2) is 42.5 Å². The van der Waals surface area contributed by atoms with Crippen LogP contribution in [0.25, 0.3) is 0 Å². The molecule has 2 aromatic rings. The molecule has 104 valence electrons. The van der Waals surface area contributed by atoms with E-state index >= 15 is 0 Å². The average Bonchev–Trinajstić information content (AvgIpc) is 2.39. The molecule has 0 amide bonds. The minimum atomic E-state index is 0.282. The Hall–Kier alpha value is -1.60. The molecule has 0 aromatic heterocycles. The topological polar surface area (TPSA) is 12.0 Å². The van der Waals surface area contributed by atoms with Crippen molar-refractivity contribution < 1.29 is 0 Å². The summed E-state index contributed by atoms with van der Waals surface area (Å²) in [7, 11) is 0. The Labute approximate surface area is 122 Å². The highest BCUT2D eigenvalue weighted by Gasteiger charge is 2.39. The van der Waals surface area contributed by atoms with Crippen LogP contribution in [0.3, 0.4) is 0 Å². The monoisotopic (exact) mass is 265 g/mol. The quantitative estimate of drug-likeness (QED) is 0.892. The van der Waals surface area contributed by atoms with Gasteiger partial charge in [0, 0.05) is 18.5 Å². The van der Waals surface area contributed by atoms with Crippen LogP contribution in [0, 0.1) is 20.8 Å². The second-order valence-electron chi connectivity index (χ2n) is 6.31. The maximum atomic E-state index is 3.48. The van der Waals surface area contributed by atoms with Crippen molar-refractivity contribution in [2.45, 2.75) is 32.6 Å². The van der Waals surface area contributed by atoms with Crippen molar-refractivity contribution in [1.82, 2.24) is 5.32 Å². The summed E-state index contributed by atoms with van der Waals surface area (Å²) in [5, 5.41) is 3.48. The number of nitrogens with one attached hydrogen (secondary N) is 1. The highest BCUT2D eigenvalue weighted by atomic mass is 15.0. The second-order valence-corrected chi connectivity index (χ2v) is 6.31. The van der Waals surface area contributed by atoms with Crippen molar-refractivity contribution in [2.75, 3.05) is 13.1 Å². The lowest BCUT2D eigenvalue weighted by molar-refractivity contribution is 0.273. The summed E-state index contributed by atoms with van der Waals surface area (Å²) in [5.74, 6) is 0. The van der Waals surface area contributed by atoms with E-state index in [0.29, 0.717) is 0 Å². The van der Waals surface area contributed by atoms with Crippen molar-refractivity contribution in [3.8, 4) is 0 Å². The molecule has 3 rings (SSSR count). The maximum Gasteiger partial charge on any atom is 0.0245 e. The van der Waals surface area contributed by atoms with Crippen molar-refractivity contribution in [1.29, 1.82) is 0 Å². The van der Waals surface area contributed by atoms with Crippen LogP contribution >= 0.6 is 0 Å². The number of aryl methyl sites for hydroxylation is 3. The fourth-order valence-corrected chi connectivity index (χ4v) is 3.36. The van der Waals surface area contributed by atoms with Gasteiger partial charge in [0.25, 0.3) is 0 Å². The first-order valence-corrected chi connectivity index (χ1v) is 7.44. The van der Waals surface area contributed by atoms with Gasteiger partial charge in [0.2, 0.25) is 0 Å². The molecule has 20 heavy (non-hydrogen) atoms. The first-order valence-electron chi connectivity index (χ1n) is 7.44. The molecule has 1 aliphatic rings. The third-order valence-corrected chi connectivity index (χ3v) is 4.68. The van der Waals surface area contributed by atoms with Gasteiger partial charge < -0.3 is 5.32 Å². The van der Waals surface area contributed by atoms with Gasteiger partial charge >= 0.3 is 0 Å². The molecule has 1 aliphatic heterocycles. The van der Waals surface area contributed by atoms with E-state index in [-0.39, 0.29) is 5.41 Å². The number of hydrogen-bond donors (Lipinski definition) is 1. The van der Waals surface area contributed by atoms with E-state index < -0.39 is 0 Å². The summed E-state index contributed by atoms with van der Waals surface area (Å²) in [6.07, 6.45) is 1.14. The number of benzene rings is 2. The summed E-state index contributed by atoms with van der Waals surface area (Å²) >= 11 is 0. The molecule has 1 saturated heterocycles. The van der Waals surface area contributed by atoms with E-state index in [4.69, 9.17) is 0 Å². The van der Waals surface area contributed by atoms with E-state index in [9.17, 15) is 0 Å². The van der Waals surface area contributed by atoms with Gasteiger partial charge in [-0.15, -0.1) is 0 Å². The third-order valence-electron chi connectivity index (χ3n) is 4.68. The van der Waals surface area contributed by atoms with Crippen molar-refractivity contribution >= 4 is 0 Å². The number of rotatable bonds is 3. The summed E-state index contributed by atoms with van der Waals surface area (Å²) in [6.45, 7) is 8.82. The van der Waals surface area contributed by atoms with Crippen LogP contribution in [-0.2, 0) is 11.8 Å². The van der Waals surface area contributed by atoms with Gasteiger partial charge in [-0.1, -0.05) is 48.0 Å². The lowest BCUT2D eigenvalue weighted by Gasteiger charge is -2.44. The molecule has 1 fully saturated rings. The van der Waals surface area contributed by atoms with Gasteiger partial charge in [0.15, 0.2) is 0 Å². The molecule has 0 saturated carbocycles. The second kappa shape index (κ2) is 5.06. The molecule has 1 nitrogen and oxygen atoms in total. The molecular formula is C19H23N. The van der Waals surface area contributed by atoms with Crippen molar-refractivity contribution in [3.63, 3.8) is 0 Å². The predicted octanol–water partition coefficient (Wildman–Crippen LogP) is 3.70. The molecule has 2 aromatic carbocycles. The molecule has 0 spiro atoms. The molecule has 0 unspecified atom stereocenters. The molecule has 0 radical (unpaired) electrons. The van der Waals surface area contributed by atoms with Gasteiger partial charge in [-0.2, -0.15) is 0 Å². The van der Waals surface area contributed by atoms with Crippen LogP contribution in [0.4, 0.5) is 0 Å². The van der Waals surface area contributed by atoms with Gasteiger partial charge in [0.05, 0.1) is 0 Å². The van der Waals surface area contributed by atoms with Crippen LogP contribution in [0.5, 0.6) is 0 Å². The molecular weight excluding hydrogens is 242 g/mol. The van der Waals surface area contributed by atoms with Gasteiger partial charge in [-0.25, -0.2) is 0 Å². The van der Waals surface area contributed by atoms with Crippen molar-refractivity contribution in [3.05, 3.63) is 70.3 Å². The lowest BCUT2D eigenvalue weighted by atomic mass is 9.69. The summed E-state index contributed by atoms with van der Waals surface area (Å²) in [5.41, 5.74) is 7.48. The Balaban J connectivity index is 1.98. The first-order chi connectivity index (χ1) is 9.61. The molecule has 1 heterocycles. The average molecular weight is 265 g/mol. The fraction of sp³-hybridized carbons (Fsp3) is 0.368. The minimum absolute atomic E-state index is 0.282. The van der Waals surface area contributed by atoms with Crippen LogP contribution in [0.2, 0.25) is 0 Å². The molecule has 0 bridgehead atoms. The van der Waals surface area contributed by atoms with Crippen LogP contribution in [-0.4, -0.2) is 13.1 Å². The smallest absolute Gasteiger partial charge is 0.0245 e. The van der Waals surface area contributed by atoms with E-state index in [0.717, 1.165) is 19.5 Å². The third kappa shape index (κ3) is 2.27. The molecule has 0 atom stereocenters. The zero-order valence-electron chi connectivity index (χ0n) is 12.7. The maximum absolute atomic E-state index is 3.48. The van der Waals surface area contributed by atoms with Gasteiger partial charge in [0.1, 0.15) is 0 Å². The lowest BCUT2D eigenvalue weighted by Crippen LogP contribution is -2.58. The van der Waals surface area contributed by atoms with Crippen molar-refractivity contribution in [2.24, 2.45) is 0 Å². The van der Waals surface area contributed by atoms with E-state index in [1.165, 1.54) is 27.8 Å². The van der Waals surface area contributed by atoms with Gasteiger partial charge in [-0.05, 0) is 49.4 Å². The van der Waals surface area contributed by atoms with Crippen LogP contribution in [0.1, 0.15) is 27.8 Å². The predicted molar refractivity (Wildman–Crippen MR) is 85.3 cm³/mol. The summed E-state index contributed by atoms with van der Waals surface area (Å²) in [4.78, 5) is 0. The Kier molecular flexibility index (Phi) is 3.39. The fourth-order valence-electron chi connectivity index (χ4n) is 3.36. The largest absolute Gasteiger partial charge is 0.315 e. The SMILES string of the molecule is Cc1ccc(C)c(CC2(c3ccccc3C)CNC2)c1. The minimum Gasteiger partial charge on any atom is -0.315 e. The summed E-state index contributed by atoms with van der Waals surface area (Å²) in [6, 6.07) is 15.7. The molecule has 0 aliphatic carbocycles. The van der Waals surface area contributed by atoms with E-state index in [1.54, 1.807) is 0 Å². The molecule has 1 heteroatoms. The Morgan fingerprint density at radius 3 is 2.35 bits per heavy atom. The zero-order valence-corrected chi connectivity index (χ0v) is 12.7. The van der Waals surface area contributed by atoms with E-state index in [2.05, 4.69) is 68.6 Å². The Bertz CT molecular complexity index is 623. The Morgan fingerprint density at radius 2 is 1.70 bits per heavy atom. The Morgan fingerprint density at radius 1 is 0.950 bits per heavy atom.